The van der Waals surface area contributed by atoms with Crippen LogP contribution in [0.4, 0.5) is 0 Å². The molecular weight excluding hydrogens is 402 g/mol. The Kier molecular flexibility index (Phi) is 7.02. The fourth-order valence-electron chi connectivity index (χ4n) is 3.40. The predicted octanol–water partition coefficient (Wildman–Crippen LogP) is 5.55. The van der Waals surface area contributed by atoms with Crippen molar-refractivity contribution >= 4 is 5.91 Å². The van der Waals surface area contributed by atoms with Gasteiger partial charge in [0, 0.05) is 11.6 Å². The molecule has 0 bridgehead atoms. The lowest BCUT2D eigenvalue weighted by molar-refractivity contribution is -0.140. The van der Waals surface area contributed by atoms with E-state index in [1.807, 2.05) is 69.3 Å². The lowest BCUT2D eigenvalue weighted by atomic mass is 9.87. The van der Waals surface area contributed by atoms with Crippen LogP contribution in [0.15, 0.2) is 53.1 Å². The van der Waals surface area contributed by atoms with E-state index >= 15 is 0 Å². The van der Waals surface area contributed by atoms with E-state index in [0.717, 1.165) is 11.1 Å². The van der Waals surface area contributed by atoms with E-state index < -0.39 is 6.10 Å². The first kappa shape index (κ1) is 23.5. The third-order valence-electron chi connectivity index (χ3n) is 5.34. The maximum atomic E-state index is 13.2. The number of carbonyl (C=O) groups excluding carboxylic acids is 1. The van der Waals surface area contributed by atoms with Crippen molar-refractivity contribution in [3.63, 3.8) is 0 Å². The highest BCUT2D eigenvalue weighted by Gasteiger charge is 2.26. The number of hydrogen-bond donors (Lipinski definition) is 0. The van der Waals surface area contributed by atoms with E-state index in [1.165, 1.54) is 5.56 Å². The number of ether oxygens (including phenoxy) is 1. The van der Waals surface area contributed by atoms with Gasteiger partial charge >= 0.3 is 0 Å². The SMILES string of the molecule is Cc1cccc(-c2noc(CN(C(=O)[C@@H](C)Oc3ccc(C(C)(C)C)cc3)C(C)C)n2)c1. The standard InChI is InChI=1S/C26H33N3O3/c1-17(2)29(16-23-27-24(28-32-23)20-10-8-9-18(3)15-20)25(30)19(4)31-22-13-11-21(12-14-22)26(5,6)7/h8-15,17,19H,16H2,1-7H3/t19-/m1/s1. The second-order valence-electron chi connectivity index (χ2n) is 9.48. The average molecular weight is 436 g/mol. The number of hydrogen-bond acceptors (Lipinski definition) is 5. The minimum atomic E-state index is -0.642. The quantitative estimate of drug-likeness (QED) is 0.487. The summed E-state index contributed by atoms with van der Waals surface area (Å²) in [5.41, 5.74) is 3.29. The molecule has 0 aliphatic rings. The Labute approximate surface area is 190 Å². The molecule has 1 aromatic heterocycles. The van der Waals surface area contributed by atoms with Crippen molar-refractivity contribution < 1.29 is 14.1 Å². The molecule has 1 atom stereocenters. The maximum absolute atomic E-state index is 13.2. The monoisotopic (exact) mass is 435 g/mol. The maximum Gasteiger partial charge on any atom is 0.264 e. The number of aromatic nitrogens is 2. The van der Waals surface area contributed by atoms with Crippen LogP contribution in [-0.4, -0.2) is 33.1 Å². The molecule has 32 heavy (non-hydrogen) atoms. The number of carbonyl (C=O) groups is 1. The van der Waals surface area contributed by atoms with Crippen molar-refractivity contribution in [1.82, 2.24) is 15.0 Å². The van der Waals surface area contributed by atoms with E-state index in [2.05, 4.69) is 30.9 Å². The molecule has 2 aromatic carbocycles. The molecule has 3 rings (SSSR count). The smallest absolute Gasteiger partial charge is 0.264 e. The molecule has 0 saturated heterocycles. The average Bonchev–Trinajstić information content (AvgIpc) is 3.20. The molecule has 0 unspecified atom stereocenters. The molecule has 170 valence electrons. The van der Waals surface area contributed by atoms with E-state index in [9.17, 15) is 4.79 Å². The molecule has 3 aromatic rings. The van der Waals surface area contributed by atoms with Crippen LogP contribution in [0.25, 0.3) is 11.4 Å². The zero-order chi connectivity index (χ0) is 23.5. The summed E-state index contributed by atoms with van der Waals surface area (Å²) in [6, 6.07) is 15.8. The third-order valence-corrected chi connectivity index (χ3v) is 5.34. The highest BCUT2D eigenvalue weighted by molar-refractivity contribution is 5.81. The first-order valence-electron chi connectivity index (χ1n) is 11.0. The highest BCUT2D eigenvalue weighted by Crippen LogP contribution is 2.25. The number of amides is 1. The Hall–Kier alpha value is -3.15. The minimum Gasteiger partial charge on any atom is -0.481 e. The van der Waals surface area contributed by atoms with Gasteiger partial charge in [-0.3, -0.25) is 4.79 Å². The molecule has 1 heterocycles. The van der Waals surface area contributed by atoms with Gasteiger partial charge in [-0.2, -0.15) is 4.98 Å². The second-order valence-corrected chi connectivity index (χ2v) is 9.48. The predicted molar refractivity (Wildman–Crippen MR) is 125 cm³/mol. The zero-order valence-electron chi connectivity index (χ0n) is 20.0. The first-order valence-corrected chi connectivity index (χ1v) is 11.0. The Balaban J connectivity index is 1.69. The second kappa shape index (κ2) is 9.55. The van der Waals surface area contributed by atoms with Crippen LogP contribution in [0, 0.1) is 6.92 Å². The van der Waals surface area contributed by atoms with E-state index in [0.29, 0.717) is 17.5 Å². The summed E-state index contributed by atoms with van der Waals surface area (Å²) in [5.74, 6) is 1.45. The van der Waals surface area contributed by atoms with Gasteiger partial charge in [-0.25, -0.2) is 0 Å². The Morgan fingerprint density at radius 1 is 1.09 bits per heavy atom. The van der Waals surface area contributed by atoms with Gasteiger partial charge in [-0.15, -0.1) is 0 Å². The number of benzene rings is 2. The van der Waals surface area contributed by atoms with Gasteiger partial charge in [0.2, 0.25) is 11.7 Å². The van der Waals surface area contributed by atoms with Gasteiger partial charge in [0.1, 0.15) is 12.3 Å². The summed E-state index contributed by atoms with van der Waals surface area (Å²) >= 11 is 0. The Morgan fingerprint density at radius 2 is 1.78 bits per heavy atom. The van der Waals surface area contributed by atoms with Crippen molar-refractivity contribution in [2.75, 3.05) is 0 Å². The molecule has 0 aliphatic heterocycles. The number of aryl methyl sites for hydroxylation is 1. The Morgan fingerprint density at radius 3 is 2.38 bits per heavy atom. The van der Waals surface area contributed by atoms with E-state index in [1.54, 1.807) is 11.8 Å². The topological polar surface area (TPSA) is 68.5 Å². The summed E-state index contributed by atoms with van der Waals surface area (Å²) in [6.07, 6.45) is -0.642. The minimum absolute atomic E-state index is 0.0499. The molecule has 0 saturated carbocycles. The van der Waals surface area contributed by atoms with Gasteiger partial charge in [-0.1, -0.05) is 61.8 Å². The summed E-state index contributed by atoms with van der Waals surface area (Å²) in [6.45, 7) is 14.4. The Bertz CT molecular complexity index is 1050. The van der Waals surface area contributed by atoms with Crippen LogP contribution in [-0.2, 0) is 16.8 Å². The van der Waals surface area contributed by atoms with Gasteiger partial charge in [0.15, 0.2) is 6.10 Å². The van der Waals surface area contributed by atoms with Gasteiger partial charge in [0.05, 0.1) is 0 Å². The lowest BCUT2D eigenvalue weighted by Crippen LogP contribution is -2.43. The molecule has 0 N–H and O–H groups in total. The lowest BCUT2D eigenvalue weighted by Gasteiger charge is -2.28. The number of rotatable bonds is 7. The third kappa shape index (κ3) is 5.75. The fraction of sp³-hybridized carbons (Fsp3) is 0.423. The van der Waals surface area contributed by atoms with Gasteiger partial charge in [-0.05, 0) is 56.9 Å². The fourth-order valence-corrected chi connectivity index (χ4v) is 3.40. The van der Waals surface area contributed by atoms with Crippen LogP contribution < -0.4 is 4.74 Å². The van der Waals surface area contributed by atoms with Crippen molar-refractivity contribution in [3.05, 3.63) is 65.5 Å². The van der Waals surface area contributed by atoms with Crippen molar-refractivity contribution in [1.29, 1.82) is 0 Å². The zero-order valence-corrected chi connectivity index (χ0v) is 20.0. The normalized spacial score (nSPS) is 12.6. The molecule has 6 heteroatoms. The molecule has 0 fully saturated rings. The molecule has 0 spiro atoms. The summed E-state index contributed by atoms with van der Waals surface area (Å²) in [7, 11) is 0. The molecular formula is C26H33N3O3. The molecule has 6 nitrogen and oxygen atoms in total. The summed E-state index contributed by atoms with van der Waals surface area (Å²) in [5, 5.41) is 4.08. The summed E-state index contributed by atoms with van der Waals surface area (Å²) in [4.78, 5) is 19.3. The van der Waals surface area contributed by atoms with Gasteiger partial charge in [0.25, 0.3) is 5.91 Å². The van der Waals surface area contributed by atoms with E-state index in [-0.39, 0.29) is 23.9 Å². The summed E-state index contributed by atoms with van der Waals surface area (Å²) < 4.78 is 11.4. The van der Waals surface area contributed by atoms with Crippen molar-refractivity contribution in [3.8, 4) is 17.1 Å². The van der Waals surface area contributed by atoms with E-state index in [4.69, 9.17) is 9.26 Å². The van der Waals surface area contributed by atoms with Crippen molar-refractivity contribution in [2.45, 2.75) is 72.6 Å². The molecule has 0 aliphatic carbocycles. The van der Waals surface area contributed by atoms with Crippen LogP contribution >= 0.6 is 0 Å². The van der Waals surface area contributed by atoms with Crippen LogP contribution in [0.1, 0.15) is 58.6 Å². The largest absolute Gasteiger partial charge is 0.481 e. The van der Waals surface area contributed by atoms with Crippen LogP contribution in [0.3, 0.4) is 0 Å². The van der Waals surface area contributed by atoms with Crippen LogP contribution in [0.2, 0.25) is 0 Å². The highest BCUT2D eigenvalue weighted by atomic mass is 16.5. The van der Waals surface area contributed by atoms with Crippen LogP contribution in [0.5, 0.6) is 5.75 Å². The number of nitrogens with zero attached hydrogens (tertiary/aromatic N) is 3. The molecule has 0 radical (unpaired) electrons. The van der Waals surface area contributed by atoms with Crippen molar-refractivity contribution in [2.24, 2.45) is 0 Å². The first-order chi connectivity index (χ1) is 15.0. The van der Waals surface area contributed by atoms with Gasteiger partial charge < -0.3 is 14.2 Å². The molecule has 1 amide bonds.